The van der Waals surface area contributed by atoms with E-state index >= 15 is 0 Å². The van der Waals surface area contributed by atoms with Crippen LogP contribution in [0.1, 0.15) is 23.2 Å². The van der Waals surface area contributed by atoms with Gasteiger partial charge in [-0.25, -0.2) is 4.98 Å². The summed E-state index contributed by atoms with van der Waals surface area (Å²) in [5, 5.41) is 13.7. The molecular formula is C13H17N5O3. The average molecular weight is 291 g/mol. The van der Waals surface area contributed by atoms with Crippen molar-refractivity contribution in [2.45, 2.75) is 18.9 Å². The van der Waals surface area contributed by atoms with E-state index in [0.29, 0.717) is 5.92 Å². The maximum atomic E-state index is 12.3. The van der Waals surface area contributed by atoms with Crippen LogP contribution in [0, 0.1) is 16.0 Å². The molecule has 3 aliphatic heterocycles. The predicted octanol–water partition coefficient (Wildman–Crippen LogP) is 0.396. The molecule has 1 atom stereocenters. The first-order valence-corrected chi connectivity index (χ1v) is 6.97. The summed E-state index contributed by atoms with van der Waals surface area (Å²) in [5.74, 6) is 0.105. The number of nitrogens with zero attached hydrogens (tertiary/aromatic N) is 3. The van der Waals surface area contributed by atoms with Crippen molar-refractivity contribution >= 4 is 17.4 Å². The topological polar surface area (TPSA) is 114 Å². The van der Waals surface area contributed by atoms with E-state index in [0.717, 1.165) is 38.7 Å². The number of anilines is 1. The van der Waals surface area contributed by atoms with Crippen molar-refractivity contribution in [3.05, 3.63) is 27.9 Å². The molecule has 3 aliphatic rings. The van der Waals surface area contributed by atoms with Gasteiger partial charge in [-0.3, -0.25) is 14.9 Å². The zero-order valence-electron chi connectivity index (χ0n) is 11.5. The summed E-state index contributed by atoms with van der Waals surface area (Å²) < 4.78 is 0. The molecule has 0 aliphatic carbocycles. The summed E-state index contributed by atoms with van der Waals surface area (Å²) in [7, 11) is 0. The highest BCUT2D eigenvalue weighted by Crippen LogP contribution is 2.28. The van der Waals surface area contributed by atoms with Crippen LogP contribution in [0.25, 0.3) is 0 Å². The molecule has 8 heteroatoms. The first-order valence-electron chi connectivity index (χ1n) is 6.97. The molecule has 0 spiro atoms. The molecule has 0 aromatic carbocycles. The number of piperidine rings is 3. The third-order valence-corrected chi connectivity index (χ3v) is 4.33. The molecule has 1 aromatic heterocycles. The van der Waals surface area contributed by atoms with Gasteiger partial charge in [-0.15, -0.1) is 0 Å². The Bertz CT molecular complexity index is 583. The second-order valence-corrected chi connectivity index (χ2v) is 5.60. The number of rotatable bonds is 3. The molecule has 2 bridgehead atoms. The number of fused-ring (bicyclic) bond motifs is 3. The zero-order chi connectivity index (χ0) is 15.0. The van der Waals surface area contributed by atoms with Crippen molar-refractivity contribution in [1.29, 1.82) is 0 Å². The van der Waals surface area contributed by atoms with Gasteiger partial charge in [-0.2, -0.15) is 0 Å². The van der Waals surface area contributed by atoms with Gasteiger partial charge in [-0.05, 0) is 31.8 Å². The Kier molecular flexibility index (Phi) is 3.46. The standard InChI is InChI=1S/C13H17N5O3/c14-12-10(5-9(6-15-12)18(20)21)13(19)16-11-7-17-3-1-8(11)2-4-17/h5-6,8,11H,1-4,7H2,(H2,14,15)(H,16,19). The van der Waals surface area contributed by atoms with Gasteiger partial charge in [0.15, 0.2) is 0 Å². The lowest BCUT2D eigenvalue weighted by Gasteiger charge is -2.44. The van der Waals surface area contributed by atoms with Crippen LogP contribution in [0.5, 0.6) is 0 Å². The normalized spacial score (nSPS) is 27.3. The summed E-state index contributed by atoms with van der Waals surface area (Å²) in [5.41, 5.74) is 5.50. The van der Waals surface area contributed by atoms with Crippen LogP contribution in [0.15, 0.2) is 12.3 Å². The first-order chi connectivity index (χ1) is 10.0. The Labute approximate surface area is 121 Å². The van der Waals surface area contributed by atoms with Crippen LogP contribution >= 0.6 is 0 Å². The van der Waals surface area contributed by atoms with Crippen LogP contribution in [0.3, 0.4) is 0 Å². The third kappa shape index (κ3) is 2.66. The highest BCUT2D eigenvalue weighted by atomic mass is 16.6. The van der Waals surface area contributed by atoms with Crippen molar-refractivity contribution < 1.29 is 9.72 Å². The predicted molar refractivity (Wildman–Crippen MR) is 75.7 cm³/mol. The molecule has 3 N–H and O–H groups in total. The van der Waals surface area contributed by atoms with Crippen LogP contribution in [-0.2, 0) is 0 Å². The van der Waals surface area contributed by atoms with Crippen molar-refractivity contribution in [1.82, 2.24) is 15.2 Å². The fourth-order valence-corrected chi connectivity index (χ4v) is 3.12. The van der Waals surface area contributed by atoms with E-state index in [-0.39, 0.29) is 29.0 Å². The molecule has 3 fully saturated rings. The van der Waals surface area contributed by atoms with Gasteiger partial charge in [0.05, 0.1) is 10.5 Å². The van der Waals surface area contributed by atoms with Gasteiger partial charge in [0, 0.05) is 18.7 Å². The van der Waals surface area contributed by atoms with E-state index in [1.54, 1.807) is 0 Å². The molecule has 1 amide bonds. The number of carbonyl (C=O) groups is 1. The molecule has 21 heavy (non-hydrogen) atoms. The number of nitro groups is 1. The van der Waals surface area contributed by atoms with Crippen LogP contribution in [-0.4, -0.2) is 46.4 Å². The number of nitrogens with two attached hydrogens (primary N) is 1. The van der Waals surface area contributed by atoms with E-state index in [4.69, 9.17) is 5.73 Å². The van der Waals surface area contributed by atoms with Crippen LogP contribution in [0.4, 0.5) is 11.5 Å². The third-order valence-electron chi connectivity index (χ3n) is 4.33. The molecule has 1 aromatic rings. The molecule has 4 heterocycles. The zero-order valence-corrected chi connectivity index (χ0v) is 11.5. The fraction of sp³-hybridized carbons (Fsp3) is 0.538. The van der Waals surface area contributed by atoms with E-state index in [1.165, 1.54) is 6.07 Å². The summed E-state index contributed by atoms with van der Waals surface area (Å²) >= 11 is 0. The lowest BCUT2D eigenvalue weighted by atomic mass is 9.84. The Morgan fingerprint density at radius 2 is 2.19 bits per heavy atom. The number of pyridine rings is 1. The number of carbonyl (C=O) groups excluding carboxylic acids is 1. The Morgan fingerprint density at radius 3 is 2.76 bits per heavy atom. The maximum Gasteiger partial charge on any atom is 0.288 e. The number of hydrogen-bond acceptors (Lipinski definition) is 6. The monoisotopic (exact) mass is 291 g/mol. The maximum absolute atomic E-state index is 12.3. The van der Waals surface area contributed by atoms with E-state index in [2.05, 4.69) is 15.2 Å². The van der Waals surface area contributed by atoms with Gasteiger partial charge in [-0.1, -0.05) is 0 Å². The second kappa shape index (κ2) is 5.28. The quantitative estimate of drug-likeness (QED) is 0.615. The Hall–Kier alpha value is -2.22. The molecule has 0 saturated carbocycles. The smallest absolute Gasteiger partial charge is 0.288 e. The minimum Gasteiger partial charge on any atom is -0.383 e. The lowest BCUT2D eigenvalue weighted by molar-refractivity contribution is -0.385. The van der Waals surface area contributed by atoms with Crippen molar-refractivity contribution in [2.24, 2.45) is 5.92 Å². The molecule has 8 nitrogen and oxygen atoms in total. The molecule has 112 valence electrons. The minimum absolute atomic E-state index is 0.0133. The summed E-state index contributed by atoms with van der Waals surface area (Å²) in [4.78, 5) is 28.5. The second-order valence-electron chi connectivity index (χ2n) is 5.60. The van der Waals surface area contributed by atoms with Crippen molar-refractivity contribution in [3.63, 3.8) is 0 Å². The molecule has 1 unspecified atom stereocenters. The van der Waals surface area contributed by atoms with Crippen molar-refractivity contribution in [2.75, 3.05) is 25.4 Å². The number of aromatic nitrogens is 1. The molecule has 0 radical (unpaired) electrons. The summed E-state index contributed by atoms with van der Waals surface area (Å²) in [6, 6.07) is 1.26. The van der Waals surface area contributed by atoms with Gasteiger partial charge in [0.2, 0.25) is 0 Å². The summed E-state index contributed by atoms with van der Waals surface area (Å²) in [6.45, 7) is 2.99. The molecule has 4 rings (SSSR count). The first kappa shape index (κ1) is 13.7. The van der Waals surface area contributed by atoms with Gasteiger partial charge in [0.25, 0.3) is 11.6 Å². The Morgan fingerprint density at radius 1 is 1.48 bits per heavy atom. The number of nitrogen functional groups attached to an aromatic ring is 1. The summed E-state index contributed by atoms with van der Waals surface area (Å²) in [6.07, 6.45) is 3.21. The highest BCUT2D eigenvalue weighted by molar-refractivity contribution is 5.99. The van der Waals surface area contributed by atoms with E-state index < -0.39 is 4.92 Å². The average Bonchev–Trinajstić information content (AvgIpc) is 2.48. The SMILES string of the molecule is Nc1ncc([N+](=O)[O-])cc1C(=O)NC1CN2CCC1CC2. The number of hydrogen-bond donors (Lipinski definition) is 2. The van der Waals surface area contributed by atoms with E-state index in [1.807, 2.05) is 0 Å². The van der Waals surface area contributed by atoms with Crippen molar-refractivity contribution in [3.8, 4) is 0 Å². The minimum atomic E-state index is -0.586. The fourth-order valence-electron chi connectivity index (χ4n) is 3.12. The Balaban J connectivity index is 1.76. The van der Waals surface area contributed by atoms with E-state index in [9.17, 15) is 14.9 Å². The van der Waals surface area contributed by atoms with Gasteiger partial charge >= 0.3 is 0 Å². The van der Waals surface area contributed by atoms with Gasteiger partial charge < -0.3 is 16.0 Å². The van der Waals surface area contributed by atoms with Crippen LogP contribution in [0.2, 0.25) is 0 Å². The lowest BCUT2D eigenvalue weighted by Crippen LogP contribution is -2.57. The largest absolute Gasteiger partial charge is 0.383 e. The highest BCUT2D eigenvalue weighted by Gasteiger charge is 2.35. The number of nitrogens with one attached hydrogen (secondary N) is 1. The molecular weight excluding hydrogens is 274 g/mol. The molecule has 3 saturated heterocycles. The number of amides is 1. The van der Waals surface area contributed by atoms with Gasteiger partial charge in [0.1, 0.15) is 12.0 Å². The van der Waals surface area contributed by atoms with Crippen LogP contribution < -0.4 is 11.1 Å².